The van der Waals surface area contributed by atoms with Crippen molar-refractivity contribution in [3.63, 3.8) is 0 Å². The van der Waals surface area contributed by atoms with Crippen molar-refractivity contribution in [2.75, 3.05) is 25.4 Å². The molecule has 1 aliphatic heterocycles. The van der Waals surface area contributed by atoms with E-state index in [4.69, 9.17) is 4.74 Å². The maximum absolute atomic E-state index is 5.65. The van der Waals surface area contributed by atoms with Crippen LogP contribution in [0, 0.1) is 0 Å². The van der Waals surface area contributed by atoms with Gasteiger partial charge in [0.1, 0.15) is 12.4 Å². The van der Waals surface area contributed by atoms with Crippen LogP contribution in [0.4, 0.5) is 0 Å². The van der Waals surface area contributed by atoms with Gasteiger partial charge in [-0.05, 0) is 36.8 Å². The Bertz CT molecular complexity index is 342. The third-order valence-corrected chi connectivity index (χ3v) is 4.63. The van der Waals surface area contributed by atoms with E-state index in [1.54, 1.807) is 0 Å². The van der Waals surface area contributed by atoms with Gasteiger partial charge < -0.3 is 10.1 Å². The fraction of sp³-hybridized carbons (Fsp3) is 0.538. The predicted molar refractivity (Wildman–Crippen MR) is 78.0 cm³/mol. The first-order valence-corrected chi connectivity index (χ1v) is 7.89. The van der Waals surface area contributed by atoms with Crippen LogP contribution in [0.15, 0.2) is 28.7 Å². The Morgan fingerprint density at radius 2 is 2.41 bits per heavy atom. The topological polar surface area (TPSA) is 21.3 Å². The first kappa shape index (κ1) is 13.2. The number of hydrogen-bond acceptors (Lipinski definition) is 3. The van der Waals surface area contributed by atoms with Crippen LogP contribution in [0.3, 0.4) is 0 Å². The van der Waals surface area contributed by atoms with Crippen LogP contribution in [0.25, 0.3) is 0 Å². The second-order valence-electron chi connectivity index (χ2n) is 4.14. The number of halogens is 1. The molecular weight excluding hydrogens is 298 g/mol. The summed E-state index contributed by atoms with van der Waals surface area (Å²) in [5.74, 6) is 2.26. The SMILES string of the molecule is Brc1cccc(OCCNCC2CCCS2)c1. The predicted octanol–water partition coefficient (Wildman–Crippen LogP) is 3.31. The van der Waals surface area contributed by atoms with Gasteiger partial charge in [-0.3, -0.25) is 0 Å². The summed E-state index contributed by atoms with van der Waals surface area (Å²) >= 11 is 5.52. The summed E-state index contributed by atoms with van der Waals surface area (Å²) < 4.78 is 6.71. The average Bonchev–Trinajstić information content (AvgIpc) is 2.82. The molecule has 1 saturated heterocycles. The zero-order valence-corrected chi connectivity index (χ0v) is 12.2. The Labute approximate surface area is 116 Å². The van der Waals surface area contributed by atoms with E-state index in [2.05, 4.69) is 33.0 Å². The molecule has 1 aliphatic rings. The van der Waals surface area contributed by atoms with Gasteiger partial charge in [-0.25, -0.2) is 0 Å². The summed E-state index contributed by atoms with van der Waals surface area (Å²) in [6.07, 6.45) is 2.75. The van der Waals surface area contributed by atoms with Crippen LogP contribution in [-0.4, -0.2) is 30.7 Å². The zero-order valence-electron chi connectivity index (χ0n) is 9.82. The fourth-order valence-corrected chi connectivity index (χ4v) is 3.48. The lowest BCUT2D eigenvalue weighted by molar-refractivity contribution is 0.314. The molecule has 2 rings (SSSR count). The normalized spacial score (nSPS) is 19.5. The first-order valence-electron chi connectivity index (χ1n) is 6.05. The molecule has 0 spiro atoms. The number of benzene rings is 1. The van der Waals surface area contributed by atoms with Gasteiger partial charge in [-0.15, -0.1) is 0 Å². The zero-order chi connectivity index (χ0) is 11.9. The van der Waals surface area contributed by atoms with Crippen molar-refractivity contribution in [3.8, 4) is 5.75 Å². The molecule has 2 nitrogen and oxygen atoms in total. The van der Waals surface area contributed by atoms with Crippen molar-refractivity contribution >= 4 is 27.7 Å². The molecule has 1 heterocycles. The second kappa shape index (κ2) is 7.29. The van der Waals surface area contributed by atoms with E-state index < -0.39 is 0 Å². The van der Waals surface area contributed by atoms with Crippen LogP contribution in [-0.2, 0) is 0 Å². The van der Waals surface area contributed by atoms with Crippen LogP contribution in [0.5, 0.6) is 5.75 Å². The van der Waals surface area contributed by atoms with E-state index >= 15 is 0 Å². The van der Waals surface area contributed by atoms with E-state index in [-0.39, 0.29) is 0 Å². The lowest BCUT2D eigenvalue weighted by Crippen LogP contribution is -2.27. The Hall–Kier alpha value is -0.190. The molecule has 0 radical (unpaired) electrons. The standard InChI is InChI=1S/C13H18BrNOS/c14-11-3-1-4-12(9-11)16-7-6-15-10-13-5-2-8-17-13/h1,3-4,9,13,15H,2,5-8,10H2. The number of nitrogens with one attached hydrogen (secondary N) is 1. The molecule has 1 fully saturated rings. The van der Waals surface area contributed by atoms with E-state index in [1.165, 1.54) is 18.6 Å². The van der Waals surface area contributed by atoms with Crippen molar-refractivity contribution in [3.05, 3.63) is 28.7 Å². The largest absolute Gasteiger partial charge is 0.492 e. The number of thioether (sulfide) groups is 1. The molecule has 0 saturated carbocycles. The lowest BCUT2D eigenvalue weighted by Gasteiger charge is -2.11. The lowest BCUT2D eigenvalue weighted by atomic mass is 10.2. The minimum Gasteiger partial charge on any atom is -0.492 e. The van der Waals surface area contributed by atoms with Gasteiger partial charge in [0, 0.05) is 22.8 Å². The molecule has 0 aliphatic carbocycles. The van der Waals surface area contributed by atoms with E-state index in [1.807, 2.05) is 24.3 Å². The van der Waals surface area contributed by atoms with Crippen LogP contribution in [0.2, 0.25) is 0 Å². The summed E-state index contributed by atoms with van der Waals surface area (Å²) in [6.45, 7) is 2.77. The van der Waals surface area contributed by atoms with Crippen molar-refractivity contribution in [2.24, 2.45) is 0 Å². The minimum atomic E-state index is 0.730. The van der Waals surface area contributed by atoms with Crippen LogP contribution in [0.1, 0.15) is 12.8 Å². The molecule has 4 heteroatoms. The quantitative estimate of drug-likeness (QED) is 0.814. The summed E-state index contributed by atoms with van der Waals surface area (Å²) in [6, 6.07) is 7.97. The molecule has 0 aromatic heterocycles. The summed E-state index contributed by atoms with van der Waals surface area (Å²) in [4.78, 5) is 0. The second-order valence-corrected chi connectivity index (χ2v) is 6.47. The Morgan fingerprint density at radius 1 is 1.47 bits per heavy atom. The average molecular weight is 316 g/mol. The van der Waals surface area contributed by atoms with E-state index in [0.717, 1.165) is 35.2 Å². The summed E-state index contributed by atoms with van der Waals surface area (Å²) in [7, 11) is 0. The van der Waals surface area contributed by atoms with Crippen LogP contribution >= 0.6 is 27.7 Å². The molecule has 1 N–H and O–H groups in total. The maximum Gasteiger partial charge on any atom is 0.120 e. The van der Waals surface area contributed by atoms with Gasteiger partial charge in [-0.2, -0.15) is 11.8 Å². The number of rotatable bonds is 6. The number of ether oxygens (including phenoxy) is 1. The third-order valence-electron chi connectivity index (χ3n) is 2.74. The minimum absolute atomic E-state index is 0.730. The Morgan fingerprint density at radius 3 is 3.18 bits per heavy atom. The van der Waals surface area contributed by atoms with Crippen molar-refractivity contribution < 1.29 is 4.74 Å². The highest BCUT2D eigenvalue weighted by Gasteiger charge is 2.14. The number of hydrogen-bond donors (Lipinski definition) is 1. The van der Waals surface area contributed by atoms with Crippen LogP contribution < -0.4 is 10.1 Å². The van der Waals surface area contributed by atoms with Gasteiger partial charge in [-0.1, -0.05) is 22.0 Å². The smallest absolute Gasteiger partial charge is 0.120 e. The molecule has 0 amide bonds. The monoisotopic (exact) mass is 315 g/mol. The van der Waals surface area contributed by atoms with Gasteiger partial charge in [0.05, 0.1) is 0 Å². The highest BCUT2D eigenvalue weighted by molar-refractivity contribution is 9.10. The molecule has 17 heavy (non-hydrogen) atoms. The molecule has 1 aromatic carbocycles. The van der Waals surface area contributed by atoms with Gasteiger partial charge in [0.2, 0.25) is 0 Å². The van der Waals surface area contributed by atoms with Gasteiger partial charge in [0.15, 0.2) is 0 Å². The van der Waals surface area contributed by atoms with Crippen molar-refractivity contribution in [1.29, 1.82) is 0 Å². The van der Waals surface area contributed by atoms with E-state index in [9.17, 15) is 0 Å². The highest BCUT2D eigenvalue weighted by Crippen LogP contribution is 2.25. The fourth-order valence-electron chi connectivity index (χ4n) is 1.87. The van der Waals surface area contributed by atoms with Gasteiger partial charge in [0.25, 0.3) is 0 Å². The Balaban J connectivity index is 1.56. The van der Waals surface area contributed by atoms with E-state index in [0.29, 0.717) is 0 Å². The highest BCUT2D eigenvalue weighted by atomic mass is 79.9. The van der Waals surface area contributed by atoms with Gasteiger partial charge >= 0.3 is 0 Å². The van der Waals surface area contributed by atoms with Crippen molar-refractivity contribution in [2.45, 2.75) is 18.1 Å². The molecular formula is C13H18BrNOS. The molecule has 1 unspecified atom stereocenters. The summed E-state index contributed by atoms with van der Waals surface area (Å²) in [5.41, 5.74) is 0. The Kier molecular flexibility index (Phi) is 5.68. The molecule has 1 atom stereocenters. The maximum atomic E-state index is 5.65. The first-order chi connectivity index (χ1) is 8.34. The molecule has 1 aromatic rings. The summed E-state index contributed by atoms with van der Waals surface area (Å²) in [5, 5.41) is 4.27. The molecule has 94 valence electrons. The van der Waals surface area contributed by atoms with Crippen molar-refractivity contribution in [1.82, 2.24) is 5.32 Å². The third kappa shape index (κ3) is 4.90. The molecule has 0 bridgehead atoms.